The molecule has 0 aliphatic carbocycles. The largest absolute Gasteiger partial charge is 0.454 e. The fourth-order valence-corrected chi connectivity index (χ4v) is 4.18. The highest BCUT2D eigenvalue weighted by atomic mass is 19.1. The number of esters is 1. The summed E-state index contributed by atoms with van der Waals surface area (Å²) in [5.41, 5.74) is 4.13. The van der Waals surface area contributed by atoms with Gasteiger partial charge in [0.15, 0.2) is 0 Å². The molecule has 0 aromatic heterocycles. The van der Waals surface area contributed by atoms with Crippen LogP contribution in [0.15, 0.2) is 66.7 Å². The van der Waals surface area contributed by atoms with Gasteiger partial charge in [-0.3, -0.25) is 4.79 Å². The van der Waals surface area contributed by atoms with Crippen molar-refractivity contribution in [1.29, 1.82) is 0 Å². The van der Waals surface area contributed by atoms with Crippen LogP contribution in [0.25, 0.3) is 0 Å². The molecule has 0 saturated carbocycles. The third-order valence-corrected chi connectivity index (χ3v) is 5.99. The maximum Gasteiger partial charge on any atom is 0.339 e. The van der Waals surface area contributed by atoms with Crippen LogP contribution < -0.4 is 10.2 Å². The highest BCUT2D eigenvalue weighted by Crippen LogP contribution is 2.31. The molecule has 1 fully saturated rings. The van der Waals surface area contributed by atoms with Crippen LogP contribution in [-0.4, -0.2) is 38.2 Å². The van der Waals surface area contributed by atoms with Gasteiger partial charge in [0.2, 0.25) is 0 Å². The van der Waals surface area contributed by atoms with Crippen molar-refractivity contribution >= 4 is 23.3 Å². The van der Waals surface area contributed by atoms with E-state index < -0.39 is 12.1 Å². The van der Waals surface area contributed by atoms with Crippen LogP contribution in [0.4, 0.5) is 15.8 Å². The van der Waals surface area contributed by atoms with Crippen molar-refractivity contribution in [1.82, 2.24) is 0 Å². The van der Waals surface area contributed by atoms with E-state index in [0.29, 0.717) is 42.0 Å². The summed E-state index contributed by atoms with van der Waals surface area (Å²) in [7, 11) is 0. The monoisotopic (exact) mass is 446 g/mol. The molecular weight excluding hydrogens is 423 g/mol. The van der Waals surface area contributed by atoms with Crippen LogP contribution in [0.3, 0.4) is 0 Å². The van der Waals surface area contributed by atoms with Gasteiger partial charge in [-0.25, -0.2) is 9.18 Å². The Bertz CT molecular complexity index is 1170. The van der Waals surface area contributed by atoms with Crippen molar-refractivity contribution in [3.63, 3.8) is 0 Å². The normalized spacial score (nSPS) is 17.8. The van der Waals surface area contributed by atoms with Gasteiger partial charge in [0.05, 0.1) is 18.8 Å². The van der Waals surface area contributed by atoms with Gasteiger partial charge in [-0.05, 0) is 65.7 Å². The van der Waals surface area contributed by atoms with Crippen LogP contribution in [0.5, 0.6) is 0 Å². The topological polar surface area (TPSA) is 67.9 Å². The number of halogens is 1. The van der Waals surface area contributed by atoms with Gasteiger partial charge in [-0.1, -0.05) is 12.1 Å². The molecule has 1 amide bonds. The molecule has 7 heteroatoms. The Kier molecular flexibility index (Phi) is 5.79. The number of rotatable bonds is 4. The average Bonchev–Trinajstić information content (AvgIpc) is 2.85. The fourth-order valence-electron chi connectivity index (χ4n) is 4.18. The van der Waals surface area contributed by atoms with Gasteiger partial charge in [-0.15, -0.1) is 0 Å². The predicted octanol–water partition coefficient (Wildman–Crippen LogP) is 4.37. The summed E-state index contributed by atoms with van der Waals surface area (Å²) >= 11 is 0. The summed E-state index contributed by atoms with van der Waals surface area (Å²) < 4.78 is 24.2. The second kappa shape index (κ2) is 9.03. The molecule has 1 atom stereocenters. The first-order chi connectivity index (χ1) is 16.1. The number of carbonyl (C=O) groups excluding carboxylic acids is 2. The summed E-state index contributed by atoms with van der Waals surface area (Å²) in [6.45, 7) is 3.13. The zero-order valence-corrected chi connectivity index (χ0v) is 17.9. The summed E-state index contributed by atoms with van der Waals surface area (Å²) in [6, 6.07) is 18.6. The van der Waals surface area contributed by atoms with Crippen LogP contribution in [-0.2, 0) is 15.9 Å². The van der Waals surface area contributed by atoms with Gasteiger partial charge < -0.3 is 19.7 Å². The lowest BCUT2D eigenvalue weighted by molar-refractivity contribution is 0.0252. The minimum Gasteiger partial charge on any atom is -0.454 e. The van der Waals surface area contributed by atoms with Gasteiger partial charge in [0.1, 0.15) is 11.9 Å². The summed E-state index contributed by atoms with van der Waals surface area (Å²) in [5, 5.41) is 2.92. The minimum absolute atomic E-state index is 0.255. The number of ether oxygens (including phenoxy) is 2. The third kappa shape index (κ3) is 4.59. The number of nitrogens with one attached hydrogen (secondary N) is 1. The van der Waals surface area contributed by atoms with Crippen molar-refractivity contribution in [3.8, 4) is 0 Å². The number of nitrogens with zero attached hydrogens (tertiary/aromatic N) is 1. The molecule has 3 aromatic rings. The number of amides is 1. The Labute approximate surface area is 190 Å². The second-order valence-corrected chi connectivity index (χ2v) is 8.12. The second-order valence-electron chi connectivity index (χ2n) is 8.12. The van der Waals surface area contributed by atoms with E-state index in [2.05, 4.69) is 10.2 Å². The van der Waals surface area contributed by atoms with Crippen molar-refractivity contribution < 1.29 is 23.5 Å². The maximum atomic E-state index is 13.2. The number of hydrogen-bond acceptors (Lipinski definition) is 5. The van der Waals surface area contributed by atoms with Gasteiger partial charge in [0, 0.05) is 36.4 Å². The molecule has 2 aliphatic heterocycles. The molecule has 3 aromatic carbocycles. The smallest absolute Gasteiger partial charge is 0.339 e. The lowest BCUT2D eigenvalue weighted by Gasteiger charge is -2.28. The van der Waals surface area contributed by atoms with Gasteiger partial charge >= 0.3 is 5.97 Å². The Balaban J connectivity index is 1.30. The van der Waals surface area contributed by atoms with Crippen LogP contribution in [0.1, 0.15) is 37.9 Å². The van der Waals surface area contributed by atoms with Crippen LogP contribution >= 0.6 is 0 Å². The number of morpholine rings is 1. The van der Waals surface area contributed by atoms with E-state index in [9.17, 15) is 14.0 Å². The molecular formula is C26H23FN2O4. The molecule has 168 valence electrons. The van der Waals surface area contributed by atoms with Crippen LogP contribution in [0, 0.1) is 5.82 Å². The first kappa shape index (κ1) is 21.2. The van der Waals surface area contributed by atoms with Crippen molar-refractivity contribution in [2.24, 2.45) is 0 Å². The SMILES string of the molecule is O=C(Nc1ccc(N2CCOCC2)cc1)c1ccc2c(c1)C[C@@H](c1ccc(F)cc1)OC2=O. The highest BCUT2D eigenvalue weighted by Gasteiger charge is 2.28. The Morgan fingerprint density at radius 1 is 0.970 bits per heavy atom. The predicted molar refractivity (Wildman–Crippen MR) is 122 cm³/mol. The van der Waals surface area contributed by atoms with Crippen molar-refractivity contribution in [2.45, 2.75) is 12.5 Å². The molecule has 0 spiro atoms. The zero-order chi connectivity index (χ0) is 22.8. The minimum atomic E-state index is -0.517. The van der Waals surface area contributed by atoms with E-state index in [1.54, 1.807) is 30.3 Å². The number of carbonyl (C=O) groups is 2. The summed E-state index contributed by atoms with van der Waals surface area (Å²) in [4.78, 5) is 27.6. The van der Waals surface area contributed by atoms with E-state index in [4.69, 9.17) is 9.47 Å². The highest BCUT2D eigenvalue weighted by molar-refractivity contribution is 6.05. The number of fused-ring (bicyclic) bond motifs is 1. The number of benzene rings is 3. The Hall–Kier alpha value is -3.71. The number of hydrogen-bond donors (Lipinski definition) is 1. The maximum absolute atomic E-state index is 13.2. The van der Waals surface area contributed by atoms with E-state index in [0.717, 1.165) is 24.3 Å². The number of anilines is 2. The standard InChI is InChI=1S/C26H23FN2O4/c27-20-4-1-17(2-5-20)24-16-19-15-18(3-10-23(19)26(31)33-24)25(30)28-21-6-8-22(9-7-21)29-11-13-32-14-12-29/h1-10,15,24H,11-14,16H2,(H,28,30)/t24-/m0/s1. The molecule has 33 heavy (non-hydrogen) atoms. The first-order valence-corrected chi connectivity index (χ1v) is 10.9. The third-order valence-electron chi connectivity index (χ3n) is 5.99. The lowest BCUT2D eigenvalue weighted by Crippen LogP contribution is -2.36. The molecule has 6 nitrogen and oxygen atoms in total. The summed E-state index contributed by atoms with van der Waals surface area (Å²) in [6.07, 6.45) is -0.0983. The quantitative estimate of drug-likeness (QED) is 0.603. The molecule has 1 N–H and O–H groups in total. The molecule has 0 radical (unpaired) electrons. The van der Waals surface area contributed by atoms with Gasteiger partial charge in [-0.2, -0.15) is 0 Å². The van der Waals surface area contributed by atoms with E-state index in [-0.39, 0.29) is 11.7 Å². The number of cyclic esters (lactones) is 1. The van der Waals surface area contributed by atoms with E-state index >= 15 is 0 Å². The molecule has 0 unspecified atom stereocenters. The molecule has 2 aliphatic rings. The fraction of sp³-hybridized carbons (Fsp3) is 0.231. The Morgan fingerprint density at radius 3 is 2.42 bits per heavy atom. The average molecular weight is 446 g/mol. The molecule has 2 heterocycles. The van der Waals surface area contributed by atoms with Crippen molar-refractivity contribution in [2.75, 3.05) is 36.5 Å². The molecule has 0 bridgehead atoms. The zero-order valence-electron chi connectivity index (χ0n) is 17.9. The van der Waals surface area contributed by atoms with Gasteiger partial charge in [0.25, 0.3) is 5.91 Å². The molecule has 1 saturated heterocycles. The van der Waals surface area contributed by atoms with E-state index in [1.807, 2.05) is 24.3 Å². The van der Waals surface area contributed by atoms with Crippen molar-refractivity contribution in [3.05, 3.63) is 94.8 Å². The van der Waals surface area contributed by atoms with Crippen LogP contribution in [0.2, 0.25) is 0 Å². The Morgan fingerprint density at radius 2 is 1.70 bits per heavy atom. The van der Waals surface area contributed by atoms with E-state index in [1.165, 1.54) is 12.1 Å². The molecule has 5 rings (SSSR count). The lowest BCUT2D eigenvalue weighted by atomic mass is 9.93. The summed E-state index contributed by atoms with van der Waals surface area (Å²) in [5.74, 6) is -1.05. The first-order valence-electron chi connectivity index (χ1n) is 10.9.